The van der Waals surface area contributed by atoms with Crippen LogP contribution in [-0.4, -0.2) is 39.7 Å². The smallest absolute Gasteiger partial charge is 0.255 e. The van der Waals surface area contributed by atoms with E-state index in [1.807, 2.05) is 56.7 Å². The lowest BCUT2D eigenvalue weighted by Gasteiger charge is -2.19. The number of terminal acetylenes is 1. The van der Waals surface area contributed by atoms with E-state index >= 15 is 0 Å². The number of H-pyrrole nitrogens is 1. The maximum absolute atomic E-state index is 12.9. The molecule has 0 bridgehead atoms. The largest absolute Gasteiger partial charge is 0.489 e. The minimum Gasteiger partial charge on any atom is -0.489 e. The third kappa shape index (κ3) is 5.28. The maximum Gasteiger partial charge on any atom is 0.255 e. The van der Waals surface area contributed by atoms with Crippen LogP contribution in [0.2, 0.25) is 0 Å². The van der Waals surface area contributed by atoms with Gasteiger partial charge in [-0.1, -0.05) is 30.2 Å². The van der Waals surface area contributed by atoms with Gasteiger partial charge < -0.3 is 20.1 Å². The predicted molar refractivity (Wildman–Crippen MR) is 134 cm³/mol. The number of nitrogens with one attached hydrogen (secondary N) is 2. The Bertz CT molecular complexity index is 1330. The quantitative estimate of drug-likeness (QED) is 0.320. The molecule has 1 aliphatic heterocycles. The van der Waals surface area contributed by atoms with E-state index in [9.17, 15) is 9.90 Å². The number of aromatic nitrogens is 2. The molecule has 3 N–H and O–H groups in total. The van der Waals surface area contributed by atoms with Crippen molar-refractivity contribution in [2.45, 2.75) is 32.4 Å². The van der Waals surface area contributed by atoms with Crippen molar-refractivity contribution in [3.63, 3.8) is 0 Å². The second-order valence-electron chi connectivity index (χ2n) is 8.37. The van der Waals surface area contributed by atoms with E-state index in [1.165, 1.54) is 11.1 Å². The van der Waals surface area contributed by atoms with E-state index in [0.717, 1.165) is 16.5 Å². The van der Waals surface area contributed by atoms with Crippen molar-refractivity contribution in [3.05, 3.63) is 83.8 Å². The average Bonchev–Trinajstić information content (AvgIpc) is 3.24. The first-order valence-corrected chi connectivity index (χ1v) is 11.2. The first-order valence-electron chi connectivity index (χ1n) is 11.2. The molecule has 0 saturated carbocycles. The van der Waals surface area contributed by atoms with Crippen LogP contribution in [0.4, 0.5) is 0 Å². The Morgan fingerprint density at radius 1 is 1.18 bits per heavy atom. The van der Waals surface area contributed by atoms with Crippen LogP contribution in [-0.2, 0) is 6.42 Å². The first kappa shape index (κ1) is 23.1. The number of aromatic amines is 1. The third-order valence-electron chi connectivity index (χ3n) is 5.45. The zero-order valence-electron chi connectivity index (χ0n) is 19.2. The Labute approximate surface area is 199 Å². The molecule has 0 saturated heterocycles. The molecule has 0 radical (unpaired) electrons. The Hall–Kier alpha value is -4.08. The molecule has 6 nitrogen and oxygen atoms in total. The number of amides is 1. The van der Waals surface area contributed by atoms with Crippen molar-refractivity contribution >= 4 is 16.8 Å². The molecule has 3 aromatic rings. The summed E-state index contributed by atoms with van der Waals surface area (Å²) in [5.41, 5.74) is 5.57. The van der Waals surface area contributed by atoms with Crippen molar-refractivity contribution in [1.82, 2.24) is 15.3 Å². The van der Waals surface area contributed by atoms with E-state index in [-0.39, 0.29) is 18.6 Å². The minimum absolute atomic E-state index is 0.124. The fourth-order valence-corrected chi connectivity index (χ4v) is 3.74. The van der Waals surface area contributed by atoms with Crippen molar-refractivity contribution in [3.8, 4) is 29.2 Å². The van der Waals surface area contributed by atoms with Gasteiger partial charge in [-0.05, 0) is 50.1 Å². The van der Waals surface area contributed by atoms with Gasteiger partial charge >= 0.3 is 0 Å². The van der Waals surface area contributed by atoms with Crippen LogP contribution in [0.25, 0.3) is 22.0 Å². The number of aliphatic hydroxyl groups excluding tert-OH is 1. The lowest BCUT2D eigenvalue weighted by molar-refractivity contribution is 0.0910. The molecular formula is C28H27N3O3. The van der Waals surface area contributed by atoms with Gasteiger partial charge in [0, 0.05) is 40.6 Å². The monoisotopic (exact) mass is 453 g/mol. The summed E-state index contributed by atoms with van der Waals surface area (Å²) < 4.78 is 5.80. The number of carbonyl (C=O) groups is 1. The minimum atomic E-state index is -0.437. The number of aliphatic hydroxyl groups is 1. The molecule has 1 aliphatic carbocycles. The van der Waals surface area contributed by atoms with E-state index in [1.54, 1.807) is 18.2 Å². The Kier molecular flexibility index (Phi) is 6.95. The molecule has 2 heterocycles. The molecule has 1 amide bonds. The molecular weight excluding hydrogens is 426 g/mol. The Morgan fingerprint density at radius 3 is 2.56 bits per heavy atom. The molecule has 6 heteroatoms. The van der Waals surface area contributed by atoms with Crippen LogP contribution < -0.4 is 10.1 Å². The van der Waals surface area contributed by atoms with Gasteiger partial charge in [-0.3, -0.25) is 9.78 Å². The van der Waals surface area contributed by atoms with Crippen molar-refractivity contribution < 1.29 is 14.6 Å². The van der Waals surface area contributed by atoms with Gasteiger partial charge in [-0.2, -0.15) is 0 Å². The summed E-state index contributed by atoms with van der Waals surface area (Å²) in [7, 11) is 0. The second kappa shape index (κ2) is 10.2. The highest BCUT2D eigenvalue weighted by Crippen LogP contribution is 2.30. The first-order chi connectivity index (χ1) is 16.5. The van der Waals surface area contributed by atoms with E-state index in [0.29, 0.717) is 23.3 Å². The summed E-state index contributed by atoms with van der Waals surface area (Å²) in [4.78, 5) is 20.0. The van der Waals surface area contributed by atoms with Crippen molar-refractivity contribution in [2.75, 3.05) is 6.61 Å². The molecule has 34 heavy (non-hydrogen) atoms. The van der Waals surface area contributed by atoms with Gasteiger partial charge in [0.1, 0.15) is 5.75 Å². The number of fused-ring (bicyclic) bond motifs is 2. The molecule has 2 aliphatic rings. The highest BCUT2D eigenvalue weighted by atomic mass is 16.5. The summed E-state index contributed by atoms with van der Waals surface area (Å²) in [6.45, 7) is 3.57. The zero-order chi connectivity index (χ0) is 24.1. The van der Waals surface area contributed by atoms with Crippen LogP contribution in [0, 0.1) is 12.3 Å². The molecule has 0 fully saturated rings. The number of pyridine rings is 1. The van der Waals surface area contributed by atoms with Gasteiger partial charge in [-0.25, -0.2) is 0 Å². The highest BCUT2D eigenvalue weighted by molar-refractivity contribution is 5.98. The lowest BCUT2D eigenvalue weighted by atomic mass is 10.0. The summed E-state index contributed by atoms with van der Waals surface area (Å²) in [5.74, 6) is 2.62. The number of hydrogen-bond donors (Lipinski definition) is 3. The van der Waals surface area contributed by atoms with Crippen molar-refractivity contribution in [1.29, 1.82) is 0 Å². The number of carbonyl (C=O) groups excluding carboxylic acids is 1. The van der Waals surface area contributed by atoms with Crippen LogP contribution in [0.15, 0.2) is 67.1 Å². The van der Waals surface area contributed by atoms with Gasteiger partial charge in [0.05, 0.1) is 29.9 Å². The predicted octanol–water partition coefficient (Wildman–Crippen LogP) is 4.33. The van der Waals surface area contributed by atoms with Crippen LogP contribution in [0.1, 0.15) is 35.3 Å². The van der Waals surface area contributed by atoms with Crippen LogP contribution in [0.3, 0.4) is 0 Å². The molecule has 2 aromatic carbocycles. The number of benzene rings is 2. The SMILES string of the molecule is C#Cc1cccc(C(=O)N[C@@H](CO)Cc2c[nH]c3ccccc23)c1OC(C)C.c1ncc2cc1-2. The van der Waals surface area contributed by atoms with Gasteiger partial charge in [0.25, 0.3) is 5.91 Å². The average molecular weight is 454 g/mol. The highest BCUT2D eigenvalue weighted by Gasteiger charge is 2.20. The van der Waals surface area contributed by atoms with E-state index in [2.05, 4.69) is 27.3 Å². The summed E-state index contributed by atoms with van der Waals surface area (Å²) >= 11 is 0. The summed E-state index contributed by atoms with van der Waals surface area (Å²) in [6, 6.07) is 14.7. The Balaban J connectivity index is 0.000000388. The molecule has 1 aromatic heterocycles. The lowest BCUT2D eigenvalue weighted by Crippen LogP contribution is -2.39. The molecule has 0 spiro atoms. The number of nitrogens with zero attached hydrogens (tertiary/aromatic N) is 1. The molecule has 172 valence electrons. The number of ether oxygens (including phenoxy) is 1. The van der Waals surface area contributed by atoms with Gasteiger partial charge in [-0.15, -0.1) is 6.42 Å². The number of para-hydroxylation sites is 2. The molecule has 0 unspecified atom stereocenters. The van der Waals surface area contributed by atoms with Gasteiger partial charge in [0.2, 0.25) is 0 Å². The Morgan fingerprint density at radius 2 is 1.94 bits per heavy atom. The van der Waals surface area contributed by atoms with E-state index in [4.69, 9.17) is 11.2 Å². The second-order valence-corrected chi connectivity index (χ2v) is 8.37. The zero-order valence-corrected chi connectivity index (χ0v) is 19.2. The number of rotatable bonds is 7. The fourth-order valence-electron chi connectivity index (χ4n) is 3.74. The normalized spacial score (nSPS) is 11.9. The standard InChI is InChI=1S/C23H24N2O3.C5H3N/c1-4-16-8-7-10-20(22(16)28-15(2)3)23(27)25-18(14-26)12-17-13-24-21-11-6-5-9-19(17)21;1-4-2-6-3-5(1)4/h1,5-11,13,15,18,24,26H,12,14H2,2-3H3,(H,25,27);1-3H/t18-;/m1./s1. The topological polar surface area (TPSA) is 87.2 Å². The summed E-state index contributed by atoms with van der Waals surface area (Å²) in [5, 5.41) is 13.8. The molecule has 1 atom stereocenters. The van der Waals surface area contributed by atoms with Crippen LogP contribution in [0.5, 0.6) is 5.75 Å². The maximum atomic E-state index is 12.9. The van der Waals surface area contributed by atoms with E-state index < -0.39 is 6.04 Å². The molecule has 5 rings (SSSR count). The third-order valence-corrected chi connectivity index (χ3v) is 5.45. The number of hydrogen-bond acceptors (Lipinski definition) is 4. The fraction of sp³-hybridized carbons (Fsp3) is 0.214. The summed E-state index contributed by atoms with van der Waals surface area (Å²) in [6.07, 6.45) is 11.6. The van der Waals surface area contributed by atoms with Gasteiger partial charge in [0.15, 0.2) is 0 Å². The van der Waals surface area contributed by atoms with Crippen molar-refractivity contribution in [2.24, 2.45) is 0 Å². The van der Waals surface area contributed by atoms with Crippen LogP contribution >= 0.6 is 0 Å².